The van der Waals surface area contributed by atoms with Crippen LogP contribution in [0.1, 0.15) is 11.1 Å². The number of benzene rings is 3. The Labute approximate surface area is 221 Å². The Balaban J connectivity index is 1.47. The Hall–Kier alpha value is -2.97. The van der Waals surface area contributed by atoms with E-state index in [1.165, 1.54) is 11.8 Å². The number of nitrogens with one attached hydrogen (secondary N) is 2. The number of carbonyl (C=O) groups excluding carboxylic acids is 2. The summed E-state index contributed by atoms with van der Waals surface area (Å²) in [7, 11) is 0. The maximum absolute atomic E-state index is 12.5. The number of thioether (sulfide) groups is 1. The van der Waals surface area contributed by atoms with Gasteiger partial charge in [0, 0.05) is 16.3 Å². The van der Waals surface area contributed by atoms with E-state index in [2.05, 4.69) is 15.6 Å². The number of anilines is 1. The quantitative estimate of drug-likeness (QED) is 0.331. The predicted octanol–water partition coefficient (Wildman–Crippen LogP) is 6.86. The van der Waals surface area contributed by atoms with E-state index in [1.807, 2.05) is 31.2 Å². The van der Waals surface area contributed by atoms with Crippen molar-refractivity contribution in [1.29, 1.82) is 0 Å². The minimum Gasteiger partial charge on any atom is -0.483 e. The molecular formula is C25H18Cl3N3O3S. The second kappa shape index (κ2) is 11.2. The molecule has 6 nitrogen and oxygen atoms in total. The van der Waals surface area contributed by atoms with Crippen molar-refractivity contribution in [3.63, 3.8) is 0 Å². The van der Waals surface area contributed by atoms with Gasteiger partial charge in [-0.1, -0.05) is 52.5 Å². The Morgan fingerprint density at radius 1 is 1.06 bits per heavy atom. The summed E-state index contributed by atoms with van der Waals surface area (Å²) in [5, 5.41) is 7.09. The van der Waals surface area contributed by atoms with Crippen LogP contribution in [0.2, 0.25) is 15.1 Å². The largest absolute Gasteiger partial charge is 0.483 e. The number of aryl methyl sites for hydroxylation is 1. The molecule has 2 N–H and O–H groups in total. The number of hydrogen-bond acceptors (Lipinski definition) is 5. The van der Waals surface area contributed by atoms with Crippen molar-refractivity contribution in [1.82, 2.24) is 5.32 Å². The third-order valence-electron chi connectivity index (χ3n) is 4.74. The monoisotopic (exact) mass is 545 g/mol. The van der Waals surface area contributed by atoms with Gasteiger partial charge >= 0.3 is 0 Å². The Kier molecular flexibility index (Phi) is 8.03. The fourth-order valence-electron chi connectivity index (χ4n) is 3.04. The standard InChI is InChI=1S/C25H18Cl3N3O3S/c1-14-2-5-17(6-3-14)30-25-31-24(33)22(35-25)11-15-10-16(26)4-9-21(15)34-13-23(32)29-18-7-8-19(27)20(28)12-18/h2-12H,13H2,1H3,(H,29,32)(H,30,31,33)/b22-11+. The SMILES string of the molecule is Cc1ccc(N=C2NC(=O)/C(=C\c3cc(Cl)ccc3OCC(=O)Nc3ccc(Cl)c(Cl)c3)S2)cc1. The summed E-state index contributed by atoms with van der Waals surface area (Å²) in [6.07, 6.45) is 1.65. The highest BCUT2D eigenvalue weighted by atomic mass is 35.5. The molecule has 3 aromatic rings. The van der Waals surface area contributed by atoms with Crippen LogP contribution in [0.3, 0.4) is 0 Å². The highest BCUT2D eigenvalue weighted by Gasteiger charge is 2.24. The number of carbonyl (C=O) groups is 2. The number of rotatable bonds is 6. The lowest BCUT2D eigenvalue weighted by molar-refractivity contribution is -0.118. The minimum atomic E-state index is -0.391. The molecule has 1 heterocycles. The lowest BCUT2D eigenvalue weighted by Gasteiger charge is -2.11. The Bertz CT molecular complexity index is 1360. The molecule has 3 aromatic carbocycles. The molecule has 1 aliphatic rings. The van der Waals surface area contributed by atoms with Crippen molar-refractivity contribution in [2.45, 2.75) is 6.92 Å². The second-order valence-corrected chi connectivity index (χ2v) is 9.75. The molecule has 10 heteroatoms. The molecular weight excluding hydrogens is 529 g/mol. The zero-order valence-corrected chi connectivity index (χ0v) is 21.4. The zero-order chi connectivity index (χ0) is 24.9. The van der Waals surface area contributed by atoms with Crippen LogP contribution in [0.5, 0.6) is 5.75 Å². The van der Waals surface area contributed by atoms with E-state index < -0.39 is 5.91 Å². The molecule has 35 heavy (non-hydrogen) atoms. The summed E-state index contributed by atoms with van der Waals surface area (Å²) in [5.41, 5.74) is 2.90. The van der Waals surface area contributed by atoms with Gasteiger partial charge in [0.05, 0.1) is 20.6 Å². The van der Waals surface area contributed by atoms with Crippen LogP contribution < -0.4 is 15.4 Å². The summed E-state index contributed by atoms with van der Waals surface area (Å²) in [6, 6.07) is 17.4. The topological polar surface area (TPSA) is 79.8 Å². The van der Waals surface area contributed by atoms with Crippen molar-refractivity contribution >= 4 is 81.0 Å². The fraction of sp³-hybridized carbons (Fsp3) is 0.0800. The summed E-state index contributed by atoms with van der Waals surface area (Å²) in [6.45, 7) is 1.73. The number of halogens is 3. The van der Waals surface area contributed by atoms with Gasteiger partial charge in [-0.3, -0.25) is 9.59 Å². The average Bonchev–Trinajstić information content (AvgIpc) is 3.15. The van der Waals surface area contributed by atoms with E-state index in [9.17, 15) is 9.59 Å². The third kappa shape index (κ3) is 6.80. The molecule has 1 saturated heterocycles. The van der Waals surface area contributed by atoms with E-state index in [0.717, 1.165) is 11.3 Å². The summed E-state index contributed by atoms with van der Waals surface area (Å²) in [4.78, 5) is 29.8. The smallest absolute Gasteiger partial charge is 0.264 e. The number of nitrogens with zero attached hydrogens (tertiary/aromatic N) is 1. The summed E-state index contributed by atoms with van der Waals surface area (Å²) >= 11 is 19.3. The van der Waals surface area contributed by atoms with E-state index in [0.29, 0.717) is 42.1 Å². The number of hydrogen-bond donors (Lipinski definition) is 2. The molecule has 0 aliphatic carbocycles. The van der Waals surface area contributed by atoms with Crippen molar-refractivity contribution in [2.75, 3.05) is 11.9 Å². The Morgan fingerprint density at radius 3 is 2.57 bits per heavy atom. The fourth-order valence-corrected chi connectivity index (χ4v) is 4.35. The molecule has 4 rings (SSSR count). The van der Waals surface area contributed by atoms with Crippen LogP contribution >= 0.6 is 46.6 Å². The van der Waals surface area contributed by atoms with Gasteiger partial charge in [0.25, 0.3) is 11.8 Å². The van der Waals surface area contributed by atoms with Gasteiger partial charge in [0.15, 0.2) is 11.8 Å². The van der Waals surface area contributed by atoms with Crippen molar-refractivity contribution < 1.29 is 14.3 Å². The normalized spacial score (nSPS) is 15.4. The second-order valence-electron chi connectivity index (χ2n) is 7.47. The third-order valence-corrected chi connectivity index (χ3v) is 6.62. The first-order valence-corrected chi connectivity index (χ1v) is 12.3. The van der Waals surface area contributed by atoms with Gasteiger partial charge in [0.2, 0.25) is 0 Å². The lowest BCUT2D eigenvalue weighted by Crippen LogP contribution is -2.20. The number of amides is 2. The maximum Gasteiger partial charge on any atom is 0.264 e. The van der Waals surface area contributed by atoms with Crippen LogP contribution in [0, 0.1) is 6.92 Å². The lowest BCUT2D eigenvalue weighted by atomic mass is 10.2. The van der Waals surface area contributed by atoms with Crippen molar-refractivity contribution in [3.8, 4) is 5.75 Å². The van der Waals surface area contributed by atoms with Gasteiger partial charge in [-0.05, 0) is 73.3 Å². The molecule has 2 amide bonds. The molecule has 1 fully saturated rings. The van der Waals surface area contributed by atoms with Gasteiger partial charge < -0.3 is 15.4 Å². The van der Waals surface area contributed by atoms with Crippen LogP contribution in [0.15, 0.2) is 70.6 Å². The highest BCUT2D eigenvalue weighted by molar-refractivity contribution is 8.18. The van der Waals surface area contributed by atoms with Crippen LogP contribution in [0.25, 0.3) is 6.08 Å². The number of amidine groups is 1. The van der Waals surface area contributed by atoms with E-state index in [-0.39, 0.29) is 12.5 Å². The van der Waals surface area contributed by atoms with Crippen LogP contribution in [-0.4, -0.2) is 23.6 Å². The summed E-state index contributed by atoms with van der Waals surface area (Å²) in [5.74, 6) is -0.287. The molecule has 0 spiro atoms. The van der Waals surface area contributed by atoms with E-state index in [1.54, 1.807) is 42.5 Å². The zero-order valence-electron chi connectivity index (χ0n) is 18.3. The van der Waals surface area contributed by atoms with Gasteiger partial charge in [-0.2, -0.15) is 0 Å². The molecule has 0 aromatic heterocycles. The summed E-state index contributed by atoms with van der Waals surface area (Å²) < 4.78 is 5.71. The van der Waals surface area contributed by atoms with Crippen molar-refractivity contribution in [3.05, 3.63) is 91.8 Å². The predicted molar refractivity (Wildman–Crippen MR) is 144 cm³/mol. The van der Waals surface area contributed by atoms with Gasteiger partial charge in [-0.15, -0.1) is 0 Å². The van der Waals surface area contributed by atoms with Crippen LogP contribution in [-0.2, 0) is 9.59 Å². The van der Waals surface area contributed by atoms with E-state index >= 15 is 0 Å². The molecule has 0 atom stereocenters. The molecule has 0 bridgehead atoms. The molecule has 1 aliphatic heterocycles. The molecule has 0 radical (unpaired) electrons. The maximum atomic E-state index is 12.5. The first-order valence-electron chi connectivity index (χ1n) is 10.3. The average molecular weight is 547 g/mol. The first-order chi connectivity index (χ1) is 16.8. The van der Waals surface area contributed by atoms with E-state index in [4.69, 9.17) is 39.5 Å². The molecule has 0 unspecified atom stereocenters. The highest BCUT2D eigenvalue weighted by Crippen LogP contribution is 2.32. The number of ether oxygens (including phenoxy) is 1. The van der Waals surface area contributed by atoms with Gasteiger partial charge in [-0.25, -0.2) is 4.99 Å². The minimum absolute atomic E-state index is 0.266. The molecule has 178 valence electrons. The molecule has 0 saturated carbocycles. The number of aliphatic imine (C=N–C) groups is 1. The first kappa shape index (κ1) is 25.1. The Morgan fingerprint density at radius 2 is 1.83 bits per heavy atom. The van der Waals surface area contributed by atoms with Crippen LogP contribution in [0.4, 0.5) is 11.4 Å². The van der Waals surface area contributed by atoms with Gasteiger partial charge in [0.1, 0.15) is 5.75 Å². The van der Waals surface area contributed by atoms with Crippen molar-refractivity contribution in [2.24, 2.45) is 4.99 Å².